The van der Waals surface area contributed by atoms with Gasteiger partial charge in [0.15, 0.2) is 5.82 Å². The van der Waals surface area contributed by atoms with E-state index in [-0.39, 0.29) is 71.6 Å². The number of aromatic nitrogens is 5. The quantitative estimate of drug-likeness (QED) is 0.0799. The minimum absolute atomic E-state index is 0.00706. The van der Waals surface area contributed by atoms with Gasteiger partial charge in [0.2, 0.25) is 17.8 Å². The molecule has 0 aliphatic carbocycles. The van der Waals surface area contributed by atoms with E-state index in [0.717, 1.165) is 80.8 Å². The van der Waals surface area contributed by atoms with Crippen molar-refractivity contribution in [2.75, 3.05) is 79.8 Å². The third-order valence-corrected chi connectivity index (χ3v) is 18.2. The first-order valence-electron chi connectivity index (χ1n) is 31.6. The number of ether oxygens (including phenoxy) is 4. The van der Waals surface area contributed by atoms with Gasteiger partial charge in [-0.15, -0.1) is 0 Å². The normalized spacial score (nSPS) is 19.0. The van der Waals surface area contributed by atoms with Crippen molar-refractivity contribution in [1.29, 1.82) is 0 Å². The SMILES string of the molecule is CC[C@@H]1C[C@H](N(Cc2cc(C(C)(C)C)cc(C(C)(C)C)c2)c2ncc(N3CCOCC3)cn2)CN1c1nc(N2CCC(C(C)=O)CC2)ncc1Cl.COc1ccc(-c2cc(CCC(=O)O)ccc2OC)c(CN2C(=O)O[C@H](c3cc(C(F)(F)F)cc(C(F)(F)F)c3)[C@@H]2C)n1. The topological polar surface area (TPSA) is 189 Å². The third-order valence-electron chi connectivity index (χ3n) is 18.0. The molecule has 94 heavy (non-hydrogen) atoms. The van der Waals surface area contributed by atoms with E-state index >= 15 is 0 Å². The number of morpholine rings is 1. The first kappa shape index (κ1) is 70.3. The molecule has 18 nitrogen and oxygen atoms in total. The van der Waals surface area contributed by atoms with Crippen LogP contribution in [0.1, 0.15) is 145 Å². The lowest BCUT2D eigenvalue weighted by Crippen LogP contribution is -2.40. The van der Waals surface area contributed by atoms with E-state index < -0.39 is 53.3 Å². The molecule has 3 aromatic carbocycles. The highest BCUT2D eigenvalue weighted by Crippen LogP contribution is 2.44. The van der Waals surface area contributed by atoms with Crippen LogP contribution in [-0.4, -0.2) is 131 Å². The fourth-order valence-corrected chi connectivity index (χ4v) is 12.6. The minimum atomic E-state index is -5.07. The molecule has 25 heteroatoms. The van der Waals surface area contributed by atoms with Crippen molar-refractivity contribution in [2.45, 2.75) is 161 Å². The molecule has 10 rings (SSSR count). The second-order valence-electron chi connectivity index (χ2n) is 26.5. The fourth-order valence-electron chi connectivity index (χ4n) is 12.4. The summed E-state index contributed by atoms with van der Waals surface area (Å²) in [4.78, 5) is 70.7. The van der Waals surface area contributed by atoms with Crippen molar-refractivity contribution < 1.29 is 64.8 Å². The Labute approximate surface area is 549 Å². The van der Waals surface area contributed by atoms with Crippen LogP contribution in [0.2, 0.25) is 5.02 Å². The zero-order valence-electron chi connectivity index (χ0n) is 55.0. The van der Waals surface area contributed by atoms with Gasteiger partial charge in [-0.1, -0.05) is 84.3 Å². The monoisotopic (exact) mass is 1330 g/mol. The second kappa shape index (κ2) is 28.9. The van der Waals surface area contributed by atoms with Gasteiger partial charge in [-0.05, 0) is 121 Å². The van der Waals surface area contributed by atoms with E-state index in [1.165, 1.54) is 37.8 Å². The molecule has 4 fully saturated rings. The number of carbonyl (C=O) groups is 3. The van der Waals surface area contributed by atoms with Gasteiger partial charge in [0.05, 0.1) is 87.2 Å². The number of hydrogen-bond donors (Lipinski definition) is 1. The van der Waals surface area contributed by atoms with E-state index in [0.29, 0.717) is 65.3 Å². The van der Waals surface area contributed by atoms with Gasteiger partial charge in [0.25, 0.3) is 0 Å². The number of cyclic esters (lactones) is 1. The molecule has 0 radical (unpaired) electrons. The molecule has 4 saturated heterocycles. The molecule has 1 amide bonds. The molecule has 0 bridgehead atoms. The Kier molecular flexibility index (Phi) is 21.6. The van der Waals surface area contributed by atoms with Gasteiger partial charge < -0.3 is 43.7 Å². The number of piperidine rings is 1. The predicted octanol–water partition coefficient (Wildman–Crippen LogP) is 14.1. The van der Waals surface area contributed by atoms with Crippen LogP contribution in [0.15, 0.2) is 85.3 Å². The fraction of sp³-hybridized carbons (Fsp3) is 0.507. The van der Waals surface area contributed by atoms with E-state index in [2.05, 4.69) is 96.2 Å². The number of anilines is 4. The lowest BCUT2D eigenvalue weighted by Gasteiger charge is -2.33. The molecule has 7 heterocycles. The molecule has 1 N–H and O–H groups in total. The lowest BCUT2D eigenvalue weighted by molar-refractivity contribution is -0.143. The minimum Gasteiger partial charge on any atom is -0.496 e. The van der Waals surface area contributed by atoms with Crippen LogP contribution < -0.4 is 29.1 Å². The third kappa shape index (κ3) is 16.7. The van der Waals surface area contributed by atoms with Crippen LogP contribution in [-0.2, 0) is 61.8 Å². The number of carboxylic acid groups (broad SMARTS) is 1. The van der Waals surface area contributed by atoms with Crippen molar-refractivity contribution in [1.82, 2.24) is 29.8 Å². The number of rotatable bonds is 18. The summed E-state index contributed by atoms with van der Waals surface area (Å²) in [6.07, 6.45) is -3.24. The first-order chi connectivity index (χ1) is 44.3. The van der Waals surface area contributed by atoms with E-state index in [4.69, 9.17) is 50.6 Å². The first-order valence-corrected chi connectivity index (χ1v) is 32.0. The van der Waals surface area contributed by atoms with Gasteiger partial charge in [0, 0.05) is 74.8 Å². The second-order valence-corrected chi connectivity index (χ2v) is 26.9. The Bertz CT molecular complexity index is 3600. The standard InChI is InChI=1S/C40H57ClN8O2.C29H26F6N2O6/c1-9-32-21-33(26-48(32)36-35(41)24-44-38(45-36)47-12-10-29(11-13-47)27(2)50)49(37-42-22-34(23-43-37)46-14-16-51-17-15-46)25-28-18-30(39(3,4)5)20-31(19-28)40(6,7)8;1-15-26(17-11-18(28(30,31)32)13-19(12-17)29(33,34)35)43-27(40)37(15)14-22-20(6-8-24(36-22)42-3)21-10-16(5-9-25(38)39)4-7-23(21)41-2/h18-20,22-24,29,32-33H,9-17,21,25-26H2,1-8H3;4,6-8,10-13,15,26H,5,9,14H2,1-3H3,(H,38,39)/t32-,33+;15-,26-/m10/s1. The Morgan fingerprint density at radius 1 is 0.755 bits per heavy atom. The van der Waals surface area contributed by atoms with Crippen molar-refractivity contribution in [2.24, 2.45) is 5.92 Å². The Morgan fingerprint density at radius 2 is 1.38 bits per heavy atom. The van der Waals surface area contributed by atoms with Gasteiger partial charge in [-0.25, -0.2) is 24.7 Å². The molecule has 4 aliphatic heterocycles. The smallest absolute Gasteiger partial charge is 0.416 e. The maximum absolute atomic E-state index is 13.5. The molecule has 0 saturated carbocycles. The summed E-state index contributed by atoms with van der Waals surface area (Å²) in [5.74, 6) is 2.18. The number of hydrogen-bond acceptors (Lipinski definition) is 16. The number of benzene rings is 3. The molecule has 3 aromatic heterocycles. The van der Waals surface area contributed by atoms with Gasteiger partial charge in [0.1, 0.15) is 22.7 Å². The molecule has 4 atom stereocenters. The van der Waals surface area contributed by atoms with Crippen molar-refractivity contribution >= 4 is 52.8 Å². The summed E-state index contributed by atoms with van der Waals surface area (Å²) in [5, 5.41) is 9.63. The van der Waals surface area contributed by atoms with Gasteiger partial charge in [-0.3, -0.25) is 14.5 Å². The van der Waals surface area contributed by atoms with Crippen LogP contribution in [0, 0.1) is 5.92 Å². The number of carboxylic acids is 1. The van der Waals surface area contributed by atoms with Crippen molar-refractivity contribution in [3.05, 3.63) is 135 Å². The lowest BCUT2D eigenvalue weighted by atomic mass is 9.79. The number of pyridine rings is 1. The van der Waals surface area contributed by atoms with Crippen LogP contribution in [0.25, 0.3) is 11.1 Å². The zero-order chi connectivity index (χ0) is 68.2. The summed E-state index contributed by atoms with van der Waals surface area (Å²) >= 11 is 6.91. The maximum atomic E-state index is 13.5. The molecule has 0 unspecified atom stereocenters. The number of amides is 1. The molecule has 4 aliphatic rings. The highest BCUT2D eigenvalue weighted by Gasteiger charge is 2.44. The average Bonchev–Trinajstić information content (AvgIpc) is 1.54. The average molecular weight is 1330 g/mol. The molecular formula is C69H83ClF6N10O8. The molecule has 0 spiro atoms. The molecular weight excluding hydrogens is 1250 g/mol. The summed E-state index contributed by atoms with van der Waals surface area (Å²) in [6, 6.07) is 15.8. The zero-order valence-corrected chi connectivity index (χ0v) is 55.8. The number of alkyl halides is 6. The summed E-state index contributed by atoms with van der Waals surface area (Å²) in [6.45, 7) is 24.9. The molecule has 506 valence electrons. The largest absolute Gasteiger partial charge is 0.496 e. The van der Waals surface area contributed by atoms with Gasteiger partial charge >= 0.3 is 24.4 Å². The van der Waals surface area contributed by atoms with E-state index in [1.54, 1.807) is 43.5 Å². The number of halogens is 7. The predicted molar refractivity (Wildman–Crippen MR) is 347 cm³/mol. The summed E-state index contributed by atoms with van der Waals surface area (Å²) < 4.78 is 102. The van der Waals surface area contributed by atoms with Gasteiger partial charge in [-0.2, -0.15) is 31.3 Å². The van der Waals surface area contributed by atoms with Crippen molar-refractivity contribution in [3.8, 4) is 22.8 Å². The molecule has 6 aromatic rings. The van der Waals surface area contributed by atoms with E-state index in [9.17, 15) is 40.7 Å². The number of methoxy groups -OCH3 is 2. The van der Waals surface area contributed by atoms with Crippen LogP contribution in [0.4, 0.5) is 54.5 Å². The summed E-state index contributed by atoms with van der Waals surface area (Å²) in [5.41, 5.74) is 3.40. The number of carbonyl (C=O) groups excluding carboxylic acids is 2. The Balaban J connectivity index is 0.000000225. The van der Waals surface area contributed by atoms with Crippen LogP contribution in [0.5, 0.6) is 11.6 Å². The summed E-state index contributed by atoms with van der Waals surface area (Å²) in [7, 11) is 2.80. The highest BCUT2D eigenvalue weighted by atomic mass is 35.5. The van der Waals surface area contributed by atoms with E-state index in [1.807, 2.05) is 12.4 Å². The Hall–Kier alpha value is -7.99. The van der Waals surface area contributed by atoms with Crippen LogP contribution in [0.3, 0.4) is 0 Å². The maximum Gasteiger partial charge on any atom is 0.416 e. The Morgan fingerprint density at radius 3 is 1.95 bits per heavy atom. The number of Topliss-reactive ketones (excluding diaryl/α,β-unsaturated/α-hetero) is 1. The number of ketones is 1. The van der Waals surface area contributed by atoms with Crippen molar-refractivity contribution in [3.63, 3.8) is 0 Å². The number of aliphatic carboxylic acids is 1. The van der Waals surface area contributed by atoms with Crippen LogP contribution >= 0.6 is 11.6 Å². The number of nitrogens with zero attached hydrogens (tertiary/aromatic N) is 10. The highest BCUT2D eigenvalue weighted by molar-refractivity contribution is 6.32. The number of aryl methyl sites for hydroxylation is 1.